The third-order valence-corrected chi connectivity index (χ3v) is 7.34. The molecular weight excluding hydrogens is 440 g/mol. The van der Waals surface area contributed by atoms with E-state index in [1.54, 1.807) is 12.1 Å². The van der Waals surface area contributed by atoms with Gasteiger partial charge in [0, 0.05) is 0 Å². The molecule has 0 unspecified atom stereocenters. The Morgan fingerprint density at radius 1 is 0.647 bits per heavy atom. The Labute approximate surface area is 202 Å². The van der Waals surface area contributed by atoms with Gasteiger partial charge in [0.25, 0.3) is 0 Å². The third-order valence-electron chi connectivity index (χ3n) is 5.88. The van der Waals surface area contributed by atoms with E-state index in [4.69, 9.17) is 0 Å². The van der Waals surface area contributed by atoms with Crippen molar-refractivity contribution in [3.63, 3.8) is 0 Å². The van der Waals surface area contributed by atoms with Gasteiger partial charge in [0.15, 0.2) is 0 Å². The topological polar surface area (TPSA) is 58.2 Å². The number of sulfonamides is 1. The smallest absolute Gasteiger partial charge is 0.241 e. The van der Waals surface area contributed by atoms with E-state index in [-0.39, 0.29) is 10.9 Å². The van der Waals surface area contributed by atoms with Gasteiger partial charge in [-0.3, -0.25) is 0 Å². The van der Waals surface area contributed by atoms with Crippen molar-refractivity contribution in [3.05, 3.63) is 138 Å². The lowest BCUT2D eigenvalue weighted by Crippen LogP contribution is -2.39. The van der Waals surface area contributed by atoms with E-state index in [2.05, 4.69) is 22.2 Å². The standard InChI is InChI=1S/C29H30N2O2S/c1-23-17-19-27(20-18-23)34(32,33)31-29(26-15-9-4-10-16-26)28(25-13-7-3-8-14-25)30-22-21-24-11-5-2-6-12-24/h2-20,28-31H,21-22H2,1H3/t28-,29-/m0/s1. The molecule has 2 N–H and O–H groups in total. The zero-order valence-electron chi connectivity index (χ0n) is 19.3. The summed E-state index contributed by atoms with van der Waals surface area (Å²) in [5, 5.41) is 3.64. The summed E-state index contributed by atoms with van der Waals surface area (Å²) >= 11 is 0. The normalized spacial score (nSPS) is 13.3. The van der Waals surface area contributed by atoms with Crippen LogP contribution in [0, 0.1) is 6.92 Å². The summed E-state index contributed by atoms with van der Waals surface area (Å²) < 4.78 is 29.8. The summed E-state index contributed by atoms with van der Waals surface area (Å²) in [7, 11) is -3.74. The minimum atomic E-state index is -3.74. The summed E-state index contributed by atoms with van der Waals surface area (Å²) in [5.74, 6) is 0. The SMILES string of the molecule is Cc1ccc(S(=O)(=O)N[C@@H](c2ccccc2)[C@@H](NCCc2ccccc2)c2ccccc2)cc1. The van der Waals surface area contributed by atoms with Crippen LogP contribution in [0.1, 0.15) is 34.3 Å². The van der Waals surface area contributed by atoms with Gasteiger partial charge in [0.2, 0.25) is 10.0 Å². The lowest BCUT2D eigenvalue weighted by Gasteiger charge is -2.30. The number of benzene rings is 4. The van der Waals surface area contributed by atoms with Crippen LogP contribution < -0.4 is 10.0 Å². The minimum absolute atomic E-state index is 0.257. The van der Waals surface area contributed by atoms with Crippen LogP contribution in [0.2, 0.25) is 0 Å². The zero-order valence-corrected chi connectivity index (χ0v) is 20.1. The van der Waals surface area contributed by atoms with E-state index in [1.807, 2.05) is 97.9 Å². The molecule has 0 fully saturated rings. The quantitative estimate of drug-likeness (QED) is 0.318. The van der Waals surface area contributed by atoms with Gasteiger partial charge in [-0.15, -0.1) is 0 Å². The molecule has 4 nitrogen and oxygen atoms in total. The average molecular weight is 471 g/mol. The first-order chi connectivity index (χ1) is 16.5. The number of nitrogens with one attached hydrogen (secondary N) is 2. The van der Waals surface area contributed by atoms with Gasteiger partial charge < -0.3 is 5.32 Å². The molecule has 34 heavy (non-hydrogen) atoms. The Bertz CT molecular complexity index is 1260. The Morgan fingerprint density at radius 2 is 1.15 bits per heavy atom. The van der Waals surface area contributed by atoms with Crippen molar-refractivity contribution >= 4 is 10.0 Å². The summed E-state index contributed by atoms with van der Waals surface area (Å²) in [6, 6.07) is 36.2. The second kappa shape index (κ2) is 11.3. The van der Waals surface area contributed by atoms with Crippen molar-refractivity contribution in [2.45, 2.75) is 30.3 Å². The minimum Gasteiger partial charge on any atom is -0.308 e. The molecule has 4 rings (SSSR count). The van der Waals surface area contributed by atoms with E-state index in [9.17, 15) is 8.42 Å². The first kappa shape index (κ1) is 23.9. The molecule has 4 aromatic rings. The number of hydrogen-bond donors (Lipinski definition) is 2. The Morgan fingerprint density at radius 3 is 1.71 bits per heavy atom. The van der Waals surface area contributed by atoms with Crippen molar-refractivity contribution in [1.29, 1.82) is 0 Å². The van der Waals surface area contributed by atoms with Gasteiger partial charge in [0.1, 0.15) is 0 Å². The largest absolute Gasteiger partial charge is 0.308 e. The number of aryl methyl sites for hydroxylation is 1. The van der Waals surface area contributed by atoms with Crippen LogP contribution in [0.5, 0.6) is 0 Å². The number of rotatable bonds is 10. The van der Waals surface area contributed by atoms with Crippen molar-refractivity contribution in [2.24, 2.45) is 0 Å². The fraction of sp³-hybridized carbons (Fsp3) is 0.172. The molecule has 0 saturated heterocycles. The van der Waals surface area contributed by atoms with Crippen LogP contribution in [-0.2, 0) is 16.4 Å². The second-order valence-electron chi connectivity index (χ2n) is 8.40. The van der Waals surface area contributed by atoms with Crippen LogP contribution in [0.3, 0.4) is 0 Å². The van der Waals surface area contributed by atoms with Gasteiger partial charge in [-0.1, -0.05) is 109 Å². The van der Waals surface area contributed by atoms with Crippen LogP contribution in [0.4, 0.5) is 0 Å². The predicted octanol–water partition coefficient (Wildman–Crippen LogP) is 5.59. The van der Waals surface area contributed by atoms with Crippen molar-refractivity contribution < 1.29 is 8.42 Å². The van der Waals surface area contributed by atoms with Crippen LogP contribution in [-0.4, -0.2) is 15.0 Å². The molecule has 0 aliphatic carbocycles. The average Bonchev–Trinajstić information content (AvgIpc) is 2.87. The van der Waals surface area contributed by atoms with Gasteiger partial charge in [-0.2, -0.15) is 0 Å². The lowest BCUT2D eigenvalue weighted by molar-refractivity contribution is 0.425. The van der Waals surface area contributed by atoms with Crippen molar-refractivity contribution in [2.75, 3.05) is 6.54 Å². The van der Waals surface area contributed by atoms with Crippen LogP contribution in [0.25, 0.3) is 0 Å². The molecule has 0 radical (unpaired) electrons. The maximum atomic E-state index is 13.4. The summed E-state index contributed by atoms with van der Waals surface area (Å²) in [4.78, 5) is 0.259. The molecular formula is C29H30N2O2S. The fourth-order valence-electron chi connectivity index (χ4n) is 4.05. The molecule has 0 spiro atoms. The highest BCUT2D eigenvalue weighted by Crippen LogP contribution is 2.31. The van der Waals surface area contributed by atoms with E-state index >= 15 is 0 Å². The molecule has 0 aromatic heterocycles. The highest BCUT2D eigenvalue weighted by Gasteiger charge is 2.29. The van der Waals surface area contributed by atoms with Crippen molar-refractivity contribution in [1.82, 2.24) is 10.0 Å². The summed E-state index contributed by atoms with van der Waals surface area (Å²) in [6.45, 7) is 2.65. The first-order valence-electron chi connectivity index (χ1n) is 11.5. The van der Waals surface area contributed by atoms with Gasteiger partial charge >= 0.3 is 0 Å². The van der Waals surface area contributed by atoms with E-state index in [1.165, 1.54) is 5.56 Å². The summed E-state index contributed by atoms with van der Waals surface area (Å²) in [5.41, 5.74) is 4.18. The molecule has 2 atom stereocenters. The molecule has 0 aliphatic heterocycles. The monoisotopic (exact) mass is 470 g/mol. The van der Waals surface area contributed by atoms with Gasteiger partial charge in [0.05, 0.1) is 17.0 Å². The molecule has 0 aliphatic rings. The molecule has 174 valence electrons. The second-order valence-corrected chi connectivity index (χ2v) is 10.1. The molecule has 0 bridgehead atoms. The molecule has 0 saturated carbocycles. The van der Waals surface area contributed by atoms with E-state index in [0.717, 1.165) is 23.1 Å². The molecule has 0 heterocycles. The van der Waals surface area contributed by atoms with Gasteiger partial charge in [-0.25, -0.2) is 13.1 Å². The highest BCUT2D eigenvalue weighted by atomic mass is 32.2. The maximum Gasteiger partial charge on any atom is 0.241 e. The summed E-state index contributed by atoms with van der Waals surface area (Å²) in [6.07, 6.45) is 0.844. The lowest BCUT2D eigenvalue weighted by atomic mass is 9.94. The maximum absolute atomic E-state index is 13.4. The zero-order chi connectivity index (χ0) is 23.8. The van der Waals surface area contributed by atoms with Crippen LogP contribution in [0.15, 0.2) is 120 Å². The van der Waals surface area contributed by atoms with Crippen molar-refractivity contribution in [3.8, 4) is 0 Å². The Kier molecular flexibility index (Phi) is 7.91. The Balaban J connectivity index is 1.67. The molecule has 0 amide bonds. The predicted molar refractivity (Wildman–Crippen MR) is 138 cm³/mol. The third kappa shape index (κ3) is 6.20. The molecule has 4 aromatic carbocycles. The fourth-order valence-corrected chi connectivity index (χ4v) is 5.28. The molecule has 5 heteroatoms. The van der Waals surface area contributed by atoms with E-state index < -0.39 is 16.1 Å². The van der Waals surface area contributed by atoms with E-state index in [0.29, 0.717) is 6.54 Å². The van der Waals surface area contributed by atoms with Crippen LogP contribution >= 0.6 is 0 Å². The first-order valence-corrected chi connectivity index (χ1v) is 13.0. The van der Waals surface area contributed by atoms with Gasteiger partial charge in [-0.05, 0) is 48.7 Å². The Hall–Kier alpha value is -3.25. The highest BCUT2D eigenvalue weighted by molar-refractivity contribution is 7.89. The number of hydrogen-bond acceptors (Lipinski definition) is 3.